The Hall–Kier alpha value is -0.870. The fourth-order valence-electron chi connectivity index (χ4n) is 0.947. The second kappa shape index (κ2) is 4.39. The molecule has 0 aromatic heterocycles. The first-order valence-corrected chi connectivity index (χ1v) is 4.59. The molecule has 0 amide bonds. The van der Waals surface area contributed by atoms with E-state index < -0.39 is 0 Å². The zero-order valence-electron chi connectivity index (χ0n) is 7.21. The molecule has 0 fully saturated rings. The number of carbonyl (C=O) groups is 1. The molecule has 0 radical (unpaired) electrons. The Labute approximate surface area is 85.0 Å². The Bertz CT molecular complexity index is 325. The van der Waals surface area contributed by atoms with Gasteiger partial charge in [0.1, 0.15) is 5.75 Å². The number of hydrogen-bond acceptors (Lipinski definition) is 3. The van der Waals surface area contributed by atoms with Gasteiger partial charge in [-0.1, -0.05) is 22.0 Å². The Morgan fingerprint density at radius 2 is 2.31 bits per heavy atom. The predicted octanol–water partition coefficient (Wildman–Crippen LogP) is 1.83. The van der Waals surface area contributed by atoms with Gasteiger partial charge in [-0.3, -0.25) is 4.79 Å². The summed E-state index contributed by atoms with van der Waals surface area (Å²) in [5.41, 5.74) is 6.29. The summed E-state index contributed by atoms with van der Waals surface area (Å²) in [6.45, 7) is 1.72. The Balaban J connectivity index is 3.01. The highest BCUT2D eigenvalue weighted by molar-refractivity contribution is 9.10. The van der Waals surface area contributed by atoms with E-state index in [4.69, 9.17) is 10.5 Å². The molecule has 0 unspecified atom stereocenters. The van der Waals surface area contributed by atoms with Crippen LogP contribution in [0, 0.1) is 0 Å². The van der Waals surface area contributed by atoms with Crippen LogP contribution in [0.1, 0.15) is 12.5 Å². The number of rotatable bonds is 2. The van der Waals surface area contributed by atoms with Crippen molar-refractivity contribution in [3.8, 4) is 5.75 Å². The topological polar surface area (TPSA) is 52.3 Å². The standard InChI is InChI=1S/C9H10BrNO2/c1-6(12)13-9-4-8(10)3-2-7(9)5-11/h2-4H,5,11H2,1H3. The van der Waals surface area contributed by atoms with Gasteiger partial charge in [0.05, 0.1) is 0 Å². The molecule has 0 aliphatic carbocycles. The molecule has 0 atom stereocenters. The van der Waals surface area contributed by atoms with E-state index in [1.165, 1.54) is 6.92 Å². The summed E-state index contributed by atoms with van der Waals surface area (Å²) in [6, 6.07) is 5.40. The zero-order chi connectivity index (χ0) is 9.84. The second-order valence-corrected chi connectivity index (χ2v) is 3.47. The van der Waals surface area contributed by atoms with Gasteiger partial charge in [0, 0.05) is 23.5 Å². The van der Waals surface area contributed by atoms with Crippen molar-refractivity contribution >= 4 is 21.9 Å². The van der Waals surface area contributed by atoms with Crippen LogP contribution < -0.4 is 10.5 Å². The SMILES string of the molecule is CC(=O)Oc1cc(Br)ccc1CN. The molecule has 0 aliphatic rings. The van der Waals surface area contributed by atoms with Crippen molar-refractivity contribution < 1.29 is 9.53 Å². The molecular weight excluding hydrogens is 234 g/mol. The van der Waals surface area contributed by atoms with Crippen LogP contribution in [0.25, 0.3) is 0 Å². The first-order valence-electron chi connectivity index (χ1n) is 3.80. The van der Waals surface area contributed by atoms with E-state index in [-0.39, 0.29) is 5.97 Å². The maximum Gasteiger partial charge on any atom is 0.308 e. The van der Waals surface area contributed by atoms with E-state index in [1.807, 2.05) is 12.1 Å². The highest BCUT2D eigenvalue weighted by atomic mass is 79.9. The molecule has 13 heavy (non-hydrogen) atoms. The third kappa shape index (κ3) is 2.82. The van der Waals surface area contributed by atoms with Gasteiger partial charge in [0.2, 0.25) is 0 Å². The first-order chi connectivity index (χ1) is 6.13. The molecule has 0 bridgehead atoms. The van der Waals surface area contributed by atoms with Gasteiger partial charge in [0.15, 0.2) is 0 Å². The summed E-state index contributed by atoms with van der Waals surface area (Å²) in [6.07, 6.45) is 0. The lowest BCUT2D eigenvalue weighted by Crippen LogP contribution is -2.06. The van der Waals surface area contributed by atoms with Crippen molar-refractivity contribution in [2.75, 3.05) is 0 Å². The first kappa shape index (κ1) is 10.2. The number of benzene rings is 1. The normalized spacial score (nSPS) is 9.77. The lowest BCUT2D eigenvalue weighted by atomic mass is 10.2. The van der Waals surface area contributed by atoms with E-state index in [0.717, 1.165) is 10.0 Å². The van der Waals surface area contributed by atoms with Crippen molar-refractivity contribution in [1.29, 1.82) is 0 Å². The number of nitrogens with two attached hydrogens (primary N) is 1. The number of carbonyl (C=O) groups excluding carboxylic acids is 1. The monoisotopic (exact) mass is 243 g/mol. The fraction of sp³-hybridized carbons (Fsp3) is 0.222. The summed E-state index contributed by atoms with van der Waals surface area (Å²) in [5, 5.41) is 0. The van der Waals surface area contributed by atoms with Gasteiger partial charge in [-0.05, 0) is 12.1 Å². The number of halogens is 1. The van der Waals surface area contributed by atoms with Gasteiger partial charge in [0.25, 0.3) is 0 Å². The second-order valence-electron chi connectivity index (χ2n) is 2.55. The summed E-state index contributed by atoms with van der Waals surface area (Å²) in [4.78, 5) is 10.7. The number of hydrogen-bond donors (Lipinski definition) is 1. The van der Waals surface area contributed by atoms with E-state index in [0.29, 0.717) is 12.3 Å². The van der Waals surface area contributed by atoms with Crippen LogP contribution in [-0.4, -0.2) is 5.97 Å². The van der Waals surface area contributed by atoms with Crippen LogP contribution in [0.15, 0.2) is 22.7 Å². The molecule has 4 heteroatoms. The van der Waals surface area contributed by atoms with Crippen molar-refractivity contribution in [1.82, 2.24) is 0 Å². The highest BCUT2D eigenvalue weighted by Gasteiger charge is 2.04. The van der Waals surface area contributed by atoms with Gasteiger partial charge >= 0.3 is 5.97 Å². The summed E-state index contributed by atoms with van der Waals surface area (Å²) in [5.74, 6) is 0.178. The van der Waals surface area contributed by atoms with Gasteiger partial charge < -0.3 is 10.5 Å². The minimum absolute atomic E-state index is 0.340. The lowest BCUT2D eigenvalue weighted by molar-refractivity contribution is -0.131. The van der Waals surface area contributed by atoms with Gasteiger partial charge in [-0.2, -0.15) is 0 Å². The minimum atomic E-state index is -0.340. The average Bonchev–Trinajstić information content (AvgIpc) is 2.03. The quantitative estimate of drug-likeness (QED) is 0.637. The molecular formula is C9H10BrNO2. The van der Waals surface area contributed by atoms with E-state index in [2.05, 4.69) is 15.9 Å². The molecule has 0 saturated heterocycles. The van der Waals surface area contributed by atoms with E-state index >= 15 is 0 Å². The van der Waals surface area contributed by atoms with Crippen molar-refractivity contribution in [2.24, 2.45) is 5.73 Å². The minimum Gasteiger partial charge on any atom is -0.426 e. The molecule has 0 heterocycles. The average molecular weight is 244 g/mol. The molecule has 0 saturated carbocycles. The maximum absolute atomic E-state index is 10.7. The van der Waals surface area contributed by atoms with Crippen LogP contribution in [0.2, 0.25) is 0 Å². The summed E-state index contributed by atoms with van der Waals surface area (Å²) in [7, 11) is 0. The van der Waals surface area contributed by atoms with Crippen molar-refractivity contribution in [3.05, 3.63) is 28.2 Å². The van der Waals surface area contributed by atoms with E-state index in [9.17, 15) is 4.79 Å². The molecule has 0 aliphatic heterocycles. The molecule has 3 nitrogen and oxygen atoms in total. The molecule has 0 spiro atoms. The number of ether oxygens (including phenoxy) is 1. The molecule has 2 N–H and O–H groups in total. The Morgan fingerprint density at radius 1 is 1.62 bits per heavy atom. The summed E-state index contributed by atoms with van der Waals surface area (Å²) < 4.78 is 5.83. The predicted molar refractivity (Wildman–Crippen MR) is 53.3 cm³/mol. The van der Waals surface area contributed by atoms with Crippen LogP contribution >= 0.6 is 15.9 Å². The third-order valence-electron chi connectivity index (χ3n) is 1.50. The molecule has 1 aromatic carbocycles. The summed E-state index contributed by atoms with van der Waals surface area (Å²) >= 11 is 3.28. The van der Waals surface area contributed by atoms with Crippen LogP contribution in [0.3, 0.4) is 0 Å². The van der Waals surface area contributed by atoms with Crippen LogP contribution in [0.4, 0.5) is 0 Å². The Kier molecular flexibility index (Phi) is 3.45. The van der Waals surface area contributed by atoms with Crippen LogP contribution in [0.5, 0.6) is 5.75 Å². The zero-order valence-corrected chi connectivity index (χ0v) is 8.80. The highest BCUT2D eigenvalue weighted by Crippen LogP contribution is 2.23. The van der Waals surface area contributed by atoms with Crippen LogP contribution in [-0.2, 0) is 11.3 Å². The molecule has 1 rings (SSSR count). The van der Waals surface area contributed by atoms with Crippen molar-refractivity contribution in [3.63, 3.8) is 0 Å². The maximum atomic E-state index is 10.7. The van der Waals surface area contributed by atoms with Gasteiger partial charge in [-0.25, -0.2) is 0 Å². The Morgan fingerprint density at radius 3 is 2.85 bits per heavy atom. The molecule has 70 valence electrons. The van der Waals surface area contributed by atoms with Gasteiger partial charge in [-0.15, -0.1) is 0 Å². The smallest absolute Gasteiger partial charge is 0.308 e. The largest absolute Gasteiger partial charge is 0.426 e. The number of esters is 1. The fourth-order valence-corrected chi connectivity index (χ4v) is 1.29. The molecule has 1 aromatic rings. The van der Waals surface area contributed by atoms with E-state index in [1.54, 1.807) is 6.07 Å². The lowest BCUT2D eigenvalue weighted by Gasteiger charge is -2.06. The third-order valence-corrected chi connectivity index (χ3v) is 2.00. The van der Waals surface area contributed by atoms with Crippen molar-refractivity contribution in [2.45, 2.75) is 13.5 Å².